The number of rotatable bonds is 5. The number of amides is 1. The monoisotopic (exact) mass is 348 g/mol. The van der Waals surface area contributed by atoms with Crippen LogP contribution in [-0.4, -0.2) is 34.6 Å². The standard InChI is InChI=1S/C17H17ClN2O4/c18-13-5-6-14(16-12(13)2-1-7-19-16)24-9-15(21)20-11-4-3-10(8-11)17(22)23/h1-2,5-7,10-11H,3-4,8-9H2,(H,20,21)(H,22,23)/t10-,11+/m1/s1. The lowest BCUT2D eigenvalue weighted by molar-refractivity contribution is -0.141. The Kier molecular flexibility index (Phi) is 4.85. The van der Waals surface area contributed by atoms with Crippen molar-refractivity contribution < 1.29 is 19.4 Å². The molecule has 1 amide bonds. The van der Waals surface area contributed by atoms with Crippen molar-refractivity contribution in [3.05, 3.63) is 35.5 Å². The number of carbonyl (C=O) groups excluding carboxylic acids is 1. The molecule has 24 heavy (non-hydrogen) atoms. The second-order valence-electron chi connectivity index (χ2n) is 5.85. The number of aromatic nitrogens is 1. The molecule has 6 nitrogen and oxygen atoms in total. The van der Waals surface area contributed by atoms with Crippen molar-refractivity contribution in [2.24, 2.45) is 5.92 Å². The fourth-order valence-corrected chi connectivity index (χ4v) is 3.19. The summed E-state index contributed by atoms with van der Waals surface area (Å²) in [5, 5.41) is 13.1. The van der Waals surface area contributed by atoms with Crippen LogP contribution in [0.5, 0.6) is 5.75 Å². The third kappa shape index (κ3) is 3.59. The predicted octanol–water partition coefficient (Wildman–Crippen LogP) is 2.64. The summed E-state index contributed by atoms with van der Waals surface area (Å²) in [6.07, 6.45) is 3.36. The molecule has 1 fully saturated rings. The van der Waals surface area contributed by atoms with Crippen molar-refractivity contribution in [1.82, 2.24) is 10.3 Å². The smallest absolute Gasteiger partial charge is 0.306 e. The van der Waals surface area contributed by atoms with Gasteiger partial charge in [-0.15, -0.1) is 0 Å². The van der Waals surface area contributed by atoms with E-state index in [0.717, 1.165) is 5.39 Å². The molecule has 0 spiro atoms. The van der Waals surface area contributed by atoms with Crippen LogP contribution in [0.4, 0.5) is 0 Å². The van der Waals surface area contributed by atoms with Gasteiger partial charge in [-0.3, -0.25) is 14.6 Å². The van der Waals surface area contributed by atoms with Crippen LogP contribution in [0.2, 0.25) is 5.02 Å². The number of fused-ring (bicyclic) bond motifs is 1. The van der Waals surface area contributed by atoms with Crippen LogP contribution in [0, 0.1) is 5.92 Å². The van der Waals surface area contributed by atoms with E-state index < -0.39 is 5.97 Å². The first-order valence-electron chi connectivity index (χ1n) is 7.73. The summed E-state index contributed by atoms with van der Waals surface area (Å²) in [5.41, 5.74) is 0.601. The number of hydrogen-bond acceptors (Lipinski definition) is 4. The van der Waals surface area contributed by atoms with Gasteiger partial charge in [0.15, 0.2) is 6.61 Å². The Morgan fingerprint density at radius 2 is 2.17 bits per heavy atom. The van der Waals surface area contributed by atoms with E-state index in [4.69, 9.17) is 21.4 Å². The zero-order valence-electron chi connectivity index (χ0n) is 12.9. The lowest BCUT2D eigenvalue weighted by Gasteiger charge is -2.14. The van der Waals surface area contributed by atoms with Gasteiger partial charge in [-0.05, 0) is 43.5 Å². The van der Waals surface area contributed by atoms with Crippen molar-refractivity contribution >= 4 is 34.4 Å². The highest BCUT2D eigenvalue weighted by Gasteiger charge is 2.30. The highest BCUT2D eigenvalue weighted by molar-refractivity contribution is 6.35. The van der Waals surface area contributed by atoms with Crippen molar-refractivity contribution in [3.8, 4) is 5.75 Å². The molecule has 2 N–H and O–H groups in total. The van der Waals surface area contributed by atoms with E-state index in [2.05, 4.69) is 10.3 Å². The largest absolute Gasteiger partial charge is 0.481 e. The number of benzene rings is 1. The van der Waals surface area contributed by atoms with Crippen LogP contribution in [-0.2, 0) is 9.59 Å². The van der Waals surface area contributed by atoms with Crippen LogP contribution in [0.15, 0.2) is 30.5 Å². The molecule has 0 unspecified atom stereocenters. The minimum absolute atomic E-state index is 0.109. The van der Waals surface area contributed by atoms with Gasteiger partial charge < -0.3 is 15.2 Å². The molecule has 1 aromatic carbocycles. The second-order valence-corrected chi connectivity index (χ2v) is 6.25. The van der Waals surface area contributed by atoms with E-state index in [1.54, 1.807) is 24.4 Å². The highest BCUT2D eigenvalue weighted by atomic mass is 35.5. The molecule has 0 aliphatic heterocycles. The topological polar surface area (TPSA) is 88.5 Å². The molecule has 1 aromatic heterocycles. The van der Waals surface area contributed by atoms with Gasteiger partial charge in [-0.2, -0.15) is 0 Å². The van der Waals surface area contributed by atoms with E-state index in [1.165, 1.54) is 0 Å². The second kappa shape index (κ2) is 7.05. The summed E-state index contributed by atoms with van der Waals surface area (Å²) in [5.74, 6) is -0.965. The summed E-state index contributed by atoms with van der Waals surface area (Å²) in [6, 6.07) is 6.89. The number of ether oxygens (including phenoxy) is 1. The number of pyridine rings is 1. The Balaban J connectivity index is 1.59. The molecule has 1 heterocycles. The first-order chi connectivity index (χ1) is 11.5. The number of carboxylic acid groups (broad SMARTS) is 1. The number of halogens is 1. The van der Waals surface area contributed by atoms with Crippen molar-refractivity contribution in [2.45, 2.75) is 25.3 Å². The molecular formula is C17H17ClN2O4. The van der Waals surface area contributed by atoms with E-state index in [0.29, 0.717) is 35.6 Å². The maximum Gasteiger partial charge on any atom is 0.306 e. The summed E-state index contributed by atoms with van der Waals surface area (Å²) in [7, 11) is 0. The van der Waals surface area contributed by atoms with E-state index in [1.807, 2.05) is 6.07 Å². The molecule has 1 saturated carbocycles. The minimum atomic E-state index is -0.804. The molecule has 0 bridgehead atoms. The van der Waals surface area contributed by atoms with E-state index in [9.17, 15) is 9.59 Å². The minimum Gasteiger partial charge on any atom is -0.481 e. The SMILES string of the molecule is O=C(COc1ccc(Cl)c2cccnc12)N[C@H]1CC[C@@H](C(=O)O)C1. The number of hydrogen-bond donors (Lipinski definition) is 2. The predicted molar refractivity (Wildman–Crippen MR) is 89.2 cm³/mol. The molecule has 126 valence electrons. The fraction of sp³-hybridized carbons (Fsp3) is 0.353. The molecule has 2 aromatic rings. The van der Waals surface area contributed by atoms with Gasteiger partial charge in [0.2, 0.25) is 0 Å². The molecule has 3 rings (SSSR count). The number of aliphatic carboxylic acids is 1. The lowest BCUT2D eigenvalue weighted by atomic mass is 10.1. The molecule has 1 aliphatic carbocycles. The highest BCUT2D eigenvalue weighted by Crippen LogP contribution is 2.29. The molecule has 0 saturated heterocycles. The Bertz CT molecular complexity index is 780. The average Bonchev–Trinajstić information content (AvgIpc) is 3.03. The number of nitrogens with zero attached hydrogens (tertiary/aromatic N) is 1. The molecule has 7 heteroatoms. The van der Waals surface area contributed by atoms with Gasteiger partial charge >= 0.3 is 5.97 Å². The van der Waals surface area contributed by atoms with Gasteiger partial charge in [0.25, 0.3) is 5.91 Å². The third-order valence-electron chi connectivity index (χ3n) is 4.19. The van der Waals surface area contributed by atoms with Crippen molar-refractivity contribution in [3.63, 3.8) is 0 Å². The first kappa shape index (κ1) is 16.5. The van der Waals surface area contributed by atoms with Gasteiger partial charge in [-0.1, -0.05) is 11.6 Å². The maximum absolute atomic E-state index is 12.0. The molecule has 2 atom stereocenters. The van der Waals surface area contributed by atoms with Crippen LogP contribution >= 0.6 is 11.6 Å². The van der Waals surface area contributed by atoms with Crippen molar-refractivity contribution in [1.29, 1.82) is 0 Å². The van der Waals surface area contributed by atoms with Crippen LogP contribution in [0.25, 0.3) is 10.9 Å². The number of carboxylic acids is 1. The summed E-state index contributed by atoms with van der Waals surface area (Å²) < 4.78 is 5.57. The Morgan fingerprint density at radius 3 is 2.92 bits per heavy atom. The number of carbonyl (C=O) groups is 2. The molecular weight excluding hydrogens is 332 g/mol. The Hall–Kier alpha value is -2.34. The molecule has 1 aliphatic rings. The zero-order valence-corrected chi connectivity index (χ0v) is 13.6. The zero-order chi connectivity index (χ0) is 17.1. The lowest BCUT2D eigenvalue weighted by Crippen LogP contribution is -2.36. The summed E-state index contributed by atoms with van der Waals surface area (Å²) >= 11 is 6.12. The van der Waals surface area contributed by atoms with Crippen molar-refractivity contribution in [2.75, 3.05) is 6.61 Å². The maximum atomic E-state index is 12.0. The van der Waals surface area contributed by atoms with Gasteiger partial charge in [-0.25, -0.2) is 0 Å². The summed E-state index contributed by atoms with van der Waals surface area (Å²) in [6.45, 7) is -0.151. The van der Waals surface area contributed by atoms with Crippen LogP contribution in [0.1, 0.15) is 19.3 Å². The van der Waals surface area contributed by atoms with Gasteiger partial charge in [0.1, 0.15) is 11.3 Å². The third-order valence-corrected chi connectivity index (χ3v) is 4.51. The van der Waals surface area contributed by atoms with Crippen LogP contribution in [0.3, 0.4) is 0 Å². The normalized spacial score (nSPS) is 20.0. The fourth-order valence-electron chi connectivity index (χ4n) is 2.98. The molecule has 0 radical (unpaired) electrons. The summed E-state index contributed by atoms with van der Waals surface area (Å²) in [4.78, 5) is 27.2. The number of nitrogens with one attached hydrogen (secondary N) is 1. The van der Waals surface area contributed by atoms with E-state index in [-0.39, 0.29) is 24.5 Å². The Labute approximate surface area is 143 Å². The average molecular weight is 349 g/mol. The van der Waals surface area contributed by atoms with Gasteiger partial charge in [0, 0.05) is 17.6 Å². The Morgan fingerprint density at radius 1 is 1.33 bits per heavy atom. The first-order valence-corrected chi connectivity index (χ1v) is 8.10. The van der Waals surface area contributed by atoms with Crippen LogP contribution < -0.4 is 10.1 Å². The quantitative estimate of drug-likeness (QED) is 0.867. The van der Waals surface area contributed by atoms with E-state index >= 15 is 0 Å². The van der Waals surface area contributed by atoms with Gasteiger partial charge in [0.05, 0.1) is 10.9 Å².